The van der Waals surface area contributed by atoms with E-state index >= 15 is 0 Å². The summed E-state index contributed by atoms with van der Waals surface area (Å²) >= 11 is 0. The van der Waals surface area contributed by atoms with Gasteiger partial charge in [-0.1, -0.05) is 60.7 Å². The third-order valence-electron chi connectivity index (χ3n) is 7.02. The average Bonchev–Trinajstić information content (AvgIpc) is 3.39. The lowest BCUT2D eigenvalue weighted by Gasteiger charge is -2.36. The first-order valence-electron chi connectivity index (χ1n) is 12.5. The first kappa shape index (κ1) is 23.1. The molecule has 1 aromatic heterocycles. The van der Waals surface area contributed by atoms with E-state index in [-0.39, 0.29) is 5.91 Å². The highest BCUT2D eigenvalue weighted by molar-refractivity contribution is 5.78. The van der Waals surface area contributed by atoms with Crippen molar-refractivity contribution < 1.29 is 4.79 Å². The number of carbonyl (C=O) groups excluding carboxylic acids is 1. The molecule has 1 amide bonds. The second-order valence-corrected chi connectivity index (χ2v) is 9.30. The molecule has 5 rings (SSSR count). The van der Waals surface area contributed by atoms with Crippen LogP contribution >= 0.6 is 0 Å². The smallest absolute Gasteiger partial charge is 0.234 e. The highest BCUT2D eigenvalue weighted by Gasteiger charge is 2.28. The second-order valence-electron chi connectivity index (χ2n) is 9.30. The fraction of sp³-hybridized carbons (Fsp3) is 0.345. The molecular formula is C29H31N5O. The number of aromatic nitrogens is 1. The minimum Gasteiger partial charge on any atom is -0.355 e. The third kappa shape index (κ3) is 5.21. The molecule has 1 aliphatic carbocycles. The Kier molecular flexibility index (Phi) is 7.06. The van der Waals surface area contributed by atoms with Crippen LogP contribution < -0.4 is 10.2 Å². The number of carbonyl (C=O) groups is 1. The molecule has 2 heterocycles. The molecule has 3 aromatic rings. The summed E-state index contributed by atoms with van der Waals surface area (Å²) in [6.45, 7) is 4.11. The van der Waals surface area contributed by atoms with E-state index < -0.39 is 0 Å². The Morgan fingerprint density at radius 1 is 0.943 bits per heavy atom. The predicted molar refractivity (Wildman–Crippen MR) is 138 cm³/mol. The monoisotopic (exact) mass is 465 g/mol. The van der Waals surface area contributed by atoms with Gasteiger partial charge in [-0.2, -0.15) is 5.26 Å². The van der Waals surface area contributed by atoms with Crippen molar-refractivity contribution in [2.45, 2.75) is 25.7 Å². The number of nitrogens with one attached hydrogen (secondary N) is 1. The van der Waals surface area contributed by atoms with E-state index in [9.17, 15) is 10.1 Å². The summed E-state index contributed by atoms with van der Waals surface area (Å²) in [5.41, 5.74) is 6.52. The lowest BCUT2D eigenvalue weighted by Crippen LogP contribution is -2.50. The van der Waals surface area contributed by atoms with Crippen LogP contribution in [0, 0.1) is 11.3 Å². The maximum atomic E-state index is 12.5. The Balaban J connectivity index is 1.23. The summed E-state index contributed by atoms with van der Waals surface area (Å²) in [6.07, 6.45) is 3.83. The van der Waals surface area contributed by atoms with Crippen molar-refractivity contribution in [2.24, 2.45) is 0 Å². The van der Waals surface area contributed by atoms with Crippen LogP contribution in [0.5, 0.6) is 0 Å². The molecule has 6 heteroatoms. The summed E-state index contributed by atoms with van der Waals surface area (Å²) < 4.78 is 0. The predicted octanol–water partition coefficient (Wildman–Crippen LogP) is 3.59. The number of piperazine rings is 1. The first-order chi connectivity index (χ1) is 17.2. The van der Waals surface area contributed by atoms with Crippen molar-refractivity contribution in [2.75, 3.05) is 44.2 Å². The minimum absolute atomic E-state index is 0.0640. The van der Waals surface area contributed by atoms with Gasteiger partial charge in [-0.25, -0.2) is 4.98 Å². The maximum absolute atomic E-state index is 12.5. The van der Waals surface area contributed by atoms with Gasteiger partial charge in [-0.15, -0.1) is 0 Å². The van der Waals surface area contributed by atoms with Crippen LogP contribution in [-0.2, 0) is 24.1 Å². The second kappa shape index (κ2) is 10.7. The lowest BCUT2D eigenvalue weighted by molar-refractivity contribution is -0.122. The van der Waals surface area contributed by atoms with Gasteiger partial charge in [0.2, 0.25) is 5.91 Å². The average molecular weight is 466 g/mol. The molecule has 1 fully saturated rings. The number of hydrogen-bond acceptors (Lipinski definition) is 5. The summed E-state index contributed by atoms with van der Waals surface area (Å²) in [5.74, 6) is 0.869. The van der Waals surface area contributed by atoms with E-state index in [0.29, 0.717) is 13.1 Å². The normalized spacial score (nSPS) is 15.5. The standard InChI is InChI=1S/C29H31N5O/c30-20-26-24-12-7-13-25(24)28(23-10-5-2-6-11-23)32-29(26)34-18-16-33(17-19-34)21-27(35)31-15-14-22-8-3-1-4-9-22/h1-6,8-11H,7,12-19,21H2,(H,31,35). The molecule has 0 spiro atoms. The number of nitriles is 1. The number of anilines is 1. The third-order valence-corrected chi connectivity index (χ3v) is 7.02. The number of pyridine rings is 1. The van der Waals surface area contributed by atoms with Gasteiger partial charge >= 0.3 is 0 Å². The SMILES string of the molecule is N#Cc1c(N2CCN(CC(=O)NCCc3ccccc3)CC2)nc(-c2ccccc2)c2c1CCC2. The van der Waals surface area contributed by atoms with Gasteiger partial charge in [0.1, 0.15) is 11.9 Å². The zero-order valence-electron chi connectivity index (χ0n) is 20.0. The minimum atomic E-state index is 0.0640. The van der Waals surface area contributed by atoms with Crippen molar-refractivity contribution in [3.63, 3.8) is 0 Å². The van der Waals surface area contributed by atoms with Crippen LogP contribution in [0.15, 0.2) is 60.7 Å². The van der Waals surface area contributed by atoms with Gasteiger partial charge in [0.05, 0.1) is 17.8 Å². The van der Waals surface area contributed by atoms with Crippen molar-refractivity contribution in [3.8, 4) is 17.3 Å². The topological polar surface area (TPSA) is 72.3 Å². The molecule has 1 saturated heterocycles. The molecule has 0 bridgehead atoms. The van der Waals surface area contributed by atoms with E-state index in [2.05, 4.69) is 45.5 Å². The fourth-order valence-corrected chi connectivity index (χ4v) is 5.19. The molecule has 35 heavy (non-hydrogen) atoms. The van der Waals surface area contributed by atoms with Crippen LogP contribution in [0.1, 0.15) is 28.7 Å². The molecule has 0 unspecified atom stereocenters. The lowest BCUT2D eigenvalue weighted by atomic mass is 9.98. The van der Waals surface area contributed by atoms with Gasteiger partial charge in [0.15, 0.2) is 0 Å². The van der Waals surface area contributed by atoms with Crippen molar-refractivity contribution in [1.82, 2.24) is 15.2 Å². The number of amides is 1. The zero-order chi connectivity index (χ0) is 24.0. The zero-order valence-corrected chi connectivity index (χ0v) is 20.0. The Bertz CT molecular complexity index is 1210. The number of fused-ring (bicyclic) bond motifs is 1. The van der Waals surface area contributed by atoms with Crippen molar-refractivity contribution in [3.05, 3.63) is 82.9 Å². The molecule has 6 nitrogen and oxygen atoms in total. The molecule has 0 atom stereocenters. The molecular weight excluding hydrogens is 434 g/mol. The van der Waals surface area contributed by atoms with Gasteiger partial charge in [-0.05, 0) is 42.4 Å². The molecule has 0 radical (unpaired) electrons. The molecule has 1 N–H and O–H groups in total. The largest absolute Gasteiger partial charge is 0.355 e. The first-order valence-corrected chi connectivity index (χ1v) is 12.5. The van der Waals surface area contributed by atoms with Crippen LogP contribution in [0.2, 0.25) is 0 Å². The number of rotatable bonds is 7. The van der Waals surface area contributed by atoms with Crippen LogP contribution in [0.3, 0.4) is 0 Å². The van der Waals surface area contributed by atoms with E-state index in [4.69, 9.17) is 4.98 Å². The van der Waals surface area contributed by atoms with Crippen molar-refractivity contribution in [1.29, 1.82) is 5.26 Å². The quantitative estimate of drug-likeness (QED) is 0.577. The summed E-state index contributed by atoms with van der Waals surface area (Å²) in [5, 5.41) is 13.1. The number of nitrogens with zero attached hydrogens (tertiary/aromatic N) is 4. The summed E-state index contributed by atoms with van der Waals surface area (Å²) in [4.78, 5) is 21.9. The maximum Gasteiger partial charge on any atom is 0.234 e. The highest BCUT2D eigenvalue weighted by Crippen LogP contribution is 2.37. The molecule has 2 aliphatic rings. The van der Waals surface area contributed by atoms with Gasteiger partial charge in [-0.3, -0.25) is 9.69 Å². The van der Waals surface area contributed by atoms with Crippen molar-refractivity contribution >= 4 is 11.7 Å². The number of benzene rings is 2. The Hall–Kier alpha value is -3.69. The Labute approximate surface area is 207 Å². The van der Waals surface area contributed by atoms with Crippen LogP contribution in [-0.4, -0.2) is 55.1 Å². The molecule has 1 aliphatic heterocycles. The van der Waals surface area contributed by atoms with E-state index in [1.807, 2.05) is 36.4 Å². The molecule has 2 aromatic carbocycles. The molecule has 0 saturated carbocycles. The van der Waals surface area contributed by atoms with E-state index in [1.54, 1.807) is 0 Å². The van der Waals surface area contributed by atoms with Gasteiger partial charge in [0, 0.05) is 38.3 Å². The molecule has 178 valence electrons. The van der Waals surface area contributed by atoms with Gasteiger partial charge in [0.25, 0.3) is 0 Å². The Morgan fingerprint density at radius 2 is 1.63 bits per heavy atom. The van der Waals surface area contributed by atoms with Crippen LogP contribution in [0.25, 0.3) is 11.3 Å². The summed E-state index contributed by atoms with van der Waals surface area (Å²) in [7, 11) is 0. The fourth-order valence-electron chi connectivity index (χ4n) is 5.19. The Morgan fingerprint density at radius 3 is 2.34 bits per heavy atom. The number of hydrogen-bond donors (Lipinski definition) is 1. The van der Waals surface area contributed by atoms with E-state index in [1.165, 1.54) is 16.7 Å². The van der Waals surface area contributed by atoms with Crippen LogP contribution in [0.4, 0.5) is 5.82 Å². The van der Waals surface area contributed by atoms with E-state index in [0.717, 1.165) is 74.5 Å². The van der Waals surface area contributed by atoms with Gasteiger partial charge < -0.3 is 10.2 Å². The highest BCUT2D eigenvalue weighted by atomic mass is 16.2. The summed E-state index contributed by atoms with van der Waals surface area (Å²) in [6, 6.07) is 23.0.